The van der Waals surface area contributed by atoms with Gasteiger partial charge in [0.25, 0.3) is 0 Å². The first-order valence-electron chi connectivity index (χ1n) is 6.42. The Balaban J connectivity index is 2.14. The lowest BCUT2D eigenvalue weighted by Gasteiger charge is -1.99. The van der Waals surface area contributed by atoms with E-state index in [4.69, 9.17) is 0 Å². The maximum Gasteiger partial charge on any atom is 0.138 e. The SMILES string of the molecule is CCc1ccc2nc(-c3cc(C)cc(F)c3)[nH]c2c1. The van der Waals surface area contributed by atoms with Crippen LogP contribution >= 0.6 is 0 Å². The zero-order valence-corrected chi connectivity index (χ0v) is 11.0. The highest BCUT2D eigenvalue weighted by Gasteiger charge is 2.07. The second kappa shape index (κ2) is 4.50. The standard InChI is InChI=1S/C16H15FN2/c1-3-11-4-5-14-15(8-11)19-16(18-14)12-6-10(2)7-13(17)9-12/h4-9H,3H2,1-2H3,(H,18,19). The van der Waals surface area contributed by atoms with E-state index in [0.29, 0.717) is 5.82 Å². The molecule has 0 unspecified atom stereocenters. The molecule has 0 saturated heterocycles. The molecule has 0 aliphatic rings. The van der Waals surface area contributed by atoms with Crippen molar-refractivity contribution < 1.29 is 4.39 Å². The highest BCUT2D eigenvalue weighted by Crippen LogP contribution is 2.23. The summed E-state index contributed by atoms with van der Waals surface area (Å²) in [6.07, 6.45) is 0.989. The minimum atomic E-state index is -0.232. The number of nitrogens with zero attached hydrogens (tertiary/aromatic N) is 1. The first kappa shape index (κ1) is 11.9. The molecule has 1 aromatic heterocycles. The molecule has 0 bridgehead atoms. The van der Waals surface area contributed by atoms with Crippen LogP contribution in [0, 0.1) is 12.7 Å². The average Bonchev–Trinajstić information content (AvgIpc) is 2.80. The van der Waals surface area contributed by atoms with Crippen molar-refractivity contribution in [2.75, 3.05) is 0 Å². The van der Waals surface area contributed by atoms with Crippen LogP contribution in [0.5, 0.6) is 0 Å². The molecule has 0 fully saturated rings. The molecule has 3 rings (SSSR count). The fourth-order valence-corrected chi connectivity index (χ4v) is 2.29. The van der Waals surface area contributed by atoms with Gasteiger partial charge in [-0.3, -0.25) is 0 Å². The number of fused-ring (bicyclic) bond motifs is 1. The van der Waals surface area contributed by atoms with Crippen molar-refractivity contribution in [3.05, 3.63) is 53.3 Å². The van der Waals surface area contributed by atoms with E-state index in [0.717, 1.165) is 28.6 Å². The fourth-order valence-electron chi connectivity index (χ4n) is 2.29. The van der Waals surface area contributed by atoms with Crippen molar-refractivity contribution in [2.45, 2.75) is 20.3 Å². The Labute approximate surface area is 111 Å². The summed E-state index contributed by atoms with van der Waals surface area (Å²) in [6, 6.07) is 11.1. The quantitative estimate of drug-likeness (QED) is 0.728. The number of aryl methyl sites for hydroxylation is 2. The Morgan fingerprint density at radius 1 is 1.16 bits per heavy atom. The number of nitrogens with one attached hydrogen (secondary N) is 1. The Hall–Kier alpha value is -2.16. The molecule has 3 heteroatoms. The van der Waals surface area contributed by atoms with E-state index in [-0.39, 0.29) is 5.82 Å². The van der Waals surface area contributed by atoms with Gasteiger partial charge in [0, 0.05) is 5.56 Å². The third-order valence-electron chi connectivity index (χ3n) is 3.27. The molecule has 19 heavy (non-hydrogen) atoms. The summed E-state index contributed by atoms with van der Waals surface area (Å²) >= 11 is 0. The molecule has 1 heterocycles. The first-order chi connectivity index (χ1) is 9.15. The van der Waals surface area contributed by atoms with E-state index in [2.05, 4.69) is 29.0 Å². The molecule has 1 N–H and O–H groups in total. The maximum atomic E-state index is 13.4. The number of H-pyrrole nitrogens is 1. The van der Waals surface area contributed by atoms with Crippen LogP contribution < -0.4 is 0 Å². The second-order valence-corrected chi connectivity index (χ2v) is 4.81. The van der Waals surface area contributed by atoms with E-state index < -0.39 is 0 Å². The number of hydrogen-bond donors (Lipinski definition) is 1. The molecule has 2 aromatic carbocycles. The Morgan fingerprint density at radius 3 is 2.74 bits per heavy atom. The zero-order valence-electron chi connectivity index (χ0n) is 11.0. The number of aromatic nitrogens is 2. The zero-order chi connectivity index (χ0) is 13.4. The van der Waals surface area contributed by atoms with E-state index >= 15 is 0 Å². The van der Waals surface area contributed by atoms with Gasteiger partial charge in [-0.15, -0.1) is 0 Å². The highest BCUT2D eigenvalue weighted by molar-refractivity contribution is 5.80. The third-order valence-corrected chi connectivity index (χ3v) is 3.27. The summed E-state index contributed by atoms with van der Waals surface area (Å²) in [6.45, 7) is 4.00. The maximum absolute atomic E-state index is 13.4. The molecule has 0 saturated carbocycles. The van der Waals surface area contributed by atoms with Crippen LogP contribution in [0.2, 0.25) is 0 Å². The van der Waals surface area contributed by atoms with E-state index in [9.17, 15) is 4.39 Å². The molecular weight excluding hydrogens is 239 g/mol. The number of aromatic amines is 1. The lowest BCUT2D eigenvalue weighted by atomic mass is 10.1. The number of rotatable bonds is 2. The predicted molar refractivity (Wildman–Crippen MR) is 75.6 cm³/mol. The van der Waals surface area contributed by atoms with Crippen LogP contribution in [0.1, 0.15) is 18.1 Å². The normalized spacial score (nSPS) is 11.1. The van der Waals surface area contributed by atoms with Gasteiger partial charge in [-0.2, -0.15) is 0 Å². The van der Waals surface area contributed by atoms with Crippen molar-refractivity contribution in [3.63, 3.8) is 0 Å². The number of halogens is 1. The summed E-state index contributed by atoms with van der Waals surface area (Å²) in [7, 11) is 0. The molecule has 0 radical (unpaired) electrons. The number of imidazole rings is 1. The molecule has 2 nitrogen and oxygen atoms in total. The lowest BCUT2D eigenvalue weighted by molar-refractivity contribution is 0.627. The summed E-state index contributed by atoms with van der Waals surface area (Å²) in [5.41, 5.74) is 4.85. The topological polar surface area (TPSA) is 28.7 Å². The van der Waals surface area contributed by atoms with E-state index in [1.165, 1.54) is 17.7 Å². The van der Waals surface area contributed by atoms with Gasteiger partial charge in [-0.05, 0) is 54.8 Å². The van der Waals surface area contributed by atoms with Crippen molar-refractivity contribution in [3.8, 4) is 11.4 Å². The molecular formula is C16H15FN2. The van der Waals surface area contributed by atoms with Gasteiger partial charge in [-0.25, -0.2) is 9.37 Å². The minimum absolute atomic E-state index is 0.232. The van der Waals surface area contributed by atoms with Crippen molar-refractivity contribution in [1.82, 2.24) is 9.97 Å². The molecule has 0 aliphatic carbocycles. The predicted octanol–water partition coefficient (Wildman–Crippen LogP) is 4.24. The highest BCUT2D eigenvalue weighted by atomic mass is 19.1. The van der Waals surface area contributed by atoms with E-state index in [1.807, 2.05) is 19.1 Å². The van der Waals surface area contributed by atoms with Gasteiger partial charge < -0.3 is 4.98 Å². The average molecular weight is 254 g/mol. The molecule has 3 aromatic rings. The molecule has 0 atom stereocenters. The van der Waals surface area contributed by atoms with Crippen molar-refractivity contribution in [2.24, 2.45) is 0 Å². The van der Waals surface area contributed by atoms with Gasteiger partial charge in [0.05, 0.1) is 11.0 Å². The van der Waals surface area contributed by atoms with Crippen LogP contribution in [-0.2, 0) is 6.42 Å². The van der Waals surface area contributed by atoms with Gasteiger partial charge in [0.15, 0.2) is 0 Å². The van der Waals surface area contributed by atoms with E-state index in [1.54, 1.807) is 0 Å². The van der Waals surface area contributed by atoms with Crippen LogP contribution in [0.15, 0.2) is 36.4 Å². The minimum Gasteiger partial charge on any atom is -0.338 e. The van der Waals surface area contributed by atoms with Crippen molar-refractivity contribution >= 4 is 11.0 Å². The van der Waals surface area contributed by atoms with Crippen LogP contribution in [0.3, 0.4) is 0 Å². The van der Waals surface area contributed by atoms with Gasteiger partial charge >= 0.3 is 0 Å². The molecule has 0 aliphatic heterocycles. The largest absolute Gasteiger partial charge is 0.338 e. The van der Waals surface area contributed by atoms with Crippen molar-refractivity contribution in [1.29, 1.82) is 0 Å². The summed E-state index contributed by atoms with van der Waals surface area (Å²) in [4.78, 5) is 7.78. The van der Waals surface area contributed by atoms with Crippen LogP contribution in [-0.4, -0.2) is 9.97 Å². The Morgan fingerprint density at radius 2 is 2.00 bits per heavy atom. The Kier molecular flexibility index (Phi) is 2.82. The third kappa shape index (κ3) is 2.24. The monoisotopic (exact) mass is 254 g/mol. The number of hydrogen-bond acceptors (Lipinski definition) is 1. The summed E-state index contributed by atoms with van der Waals surface area (Å²) < 4.78 is 13.4. The molecule has 96 valence electrons. The van der Waals surface area contributed by atoms with Crippen LogP contribution in [0.4, 0.5) is 4.39 Å². The second-order valence-electron chi connectivity index (χ2n) is 4.81. The smallest absolute Gasteiger partial charge is 0.138 e. The van der Waals surface area contributed by atoms with Crippen LogP contribution in [0.25, 0.3) is 22.4 Å². The summed E-state index contributed by atoms with van der Waals surface area (Å²) in [5.74, 6) is 0.482. The fraction of sp³-hybridized carbons (Fsp3) is 0.188. The molecule has 0 amide bonds. The Bertz CT molecular complexity index is 723. The van der Waals surface area contributed by atoms with Gasteiger partial charge in [-0.1, -0.05) is 13.0 Å². The molecule has 0 spiro atoms. The first-order valence-corrected chi connectivity index (χ1v) is 6.42. The summed E-state index contributed by atoms with van der Waals surface area (Å²) in [5, 5.41) is 0. The number of benzene rings is 2. The van der Waals surface area contributed by atoms with Gasteiger partial charge in [0.1, 0.15) is 11.6 Å². The lowest BCUT2D eigenvalue weighted by Crippen LogP contribution is -1.84. The van der Waals surface area contributed by atoms with Gasteiger partial charge in [0.2, 0.25) is 0 Å².